The first kappa shape index (κ1) is 20.4. The molecule has 1 aromatic heterocycles. The Bertz CT molecular complexity index is 762. The molecule has 5 nitrogen and oxygen atoms in total. The van der Waals surface area contributed by atoms with Crippen molar-refractivity contribution < 1.29 is 9.18 Å². The van der Waals surface area contributed by atoms with E-state index >= 15 is 0 Å². The van der Waals surface area contributed by atoms with E-state index in [4.69, 9.17) is 0 Å². The van der Waals surface area contributed by atoms with Crippen molar-refractivity contribution in [3.05, 3.63) is 53.6 Å². The zero-order chi connectivity index (χ0) is 18.0. The number of rotatable bonds is 5. The molecule has 1 aliphatic heterocycles. The average molecular weight is 381 g/mol. The number of aromatic nitrogens is 2. The van der Waals surface area contributed by atoms with E-state index in [9.17, 15) is 9.18 Å². The van der Waals surface area contributed by atoms with Crippen LogP contribution in [0.15, 0.2) is 36.7 Å². The van der Waals surface area contributed by atoms with E-state index < -0.39 is 0 Å². The second-order valence-corrected chi connectivity index (χ2v) is 7.43. The number of hydrogen-bond acceptors (Lipinski definition) is 3. The largest absolute Gasteiger partial charge is 0.355 e. The lowest BCUT2D eigenvalue weighted by atomic mass is 9.84. The third kappa shape index (κ3) is 4.43. The Morgan fingerprint density at radius 1 is 1.42 bits per heavy atom. The number of benzene rings is 1. The Hall–Kier alpha value is -1.92. The molecule has 0 unspecified atom stereocenters. The topological polar surface area (TPSA) is 59.0 Å². The molecule has 2 N–H and O–H groups in total. The number of carbonyl (C=O) groups is 1. The van der Waals surface area contributed by atoms with Crippen molar-refractivity contribution in [3.63, 3.8) is 0 Å². The molecule has 2 heterocycles. The summed E-state index contributed by atoms with van der Waals surface area (Å²) < 4.78 is 15.2. The van der Waals surface area contributed by atoms with Gasteiger partial charge >= 0.3 is 0 Å². The van der Waals surface area contributed by atoms with Gasteiger partial charge in [0.25, 0.3) is 0 Å². The molecule has 0 radical (unpaired) electrons. The minimum absolute atomic E-state index is 0. The molecule has 26 heavy (non-hydrogen) atoms. The Morgan fingerprint density at radius 3 is 2.85 bits per heavy atom. The molecule has 0 bridgehead atoms. The number of nitrogens with one attached hydrogen (secondary N) is 2. The van der Waals surface area contributed by atoms with E-state index in [2.05, 4.69) is 15.7 Å². The van der Waals surface area contributed by atoms with Gasteiger partial charge in [0.15, 0.2) is 0 Å². The molecule has 7 heteroatoms. The van der Waals surface area contributed by atoms with Crippen molar-refractivity contribution >= 4 is 18.3 Å². The van der Waals surface area contributed by atoms with Crippen LogP contribution >= 0.6 is 12.4 Å². The molecule has 1 amide bonds. The van der Waals surface area contributed by atoms with Crippen LogP contribution in [0, 0.1) is 11.7 Å². The number of halogens is 2. The van der Waals surface area contributed by atoms with Crippen LogP contribution in [0.2, 0.25) is 0 Å². The van der Waals surface area contributed by atoms with E-state index in [1.165, 1.54) is 12.1 Å². The van der Waals surface area contributed by atoms with Crippen molar-refractivity contribution in [2.24, 2.45) is 13.0 Å². The summed E-state index contributed by atoms with van der Waals surface area (Å²) in [5.74, 6) is -0.213. The van der Waals surface area contributed by atoms with Gasteiger partial charge in [0.2, 0.25) is 5.91 Å². The Balaban J connectivity index is 0.00000243. The van der Waals surface area contributed by atoms with E-state index in [0.29, 0.717) is 13.1 Å². The third-order valence-electron chi connectivity index (χ3n) is 5.01. The summed E-state index contributed by atoms with van der Waals surface area (Å²) in [6.45, 7) is 5.91. The monoisotopic (exact) mass is 380 g/mol. The first-order chi connectivity index (χ1) is 11.9. The summed E-state index contributed by atoms with van der Waals surface area (Å²) in [4.78, 5) is 12.7. The van der Waals surface area contributed by atoms with Crippen LogP contribution in [0.5, 0.6) is 0 Å². The zero-order valence-electron chi connectivity index (χ0n) is 15.3. The van der Waals surface area contributed by atoms with Crippen LogP contribution in [0.4, 0.5) is 4.39 Å². The lowest BCUT2D eigenvalue weighted by Gasteiger charge is -2.27. The van der Waals surface area contributed by atoms with Crippen molar-refractivity contribution in [1.29, 1.82) is 0 Å². The van der Waals surface area contributed by atoms with Gasteiger partial charge in [0, 0.05) is 44.2 Å². The fourth-order valence-electron chi connectivity index (χ4n) is 3.39. The quantitative estimate of drug-likeness (QED) is 0.837. The van der Waals surface area contributed by atoms with Crippen LogP contribution in [-0.4, -0.2) is 35.3 Å². The van der Waals surface area contributed by atoms with Gasteiger partial charge in [-0.05, 0) is 23.3 Å². The Morgan fingerprint density at radius 2 is 2.19 bits per heavy atom. The fourth-order valence-corrected chi connectivity index (χ4v) is 3.39. The summed E-state index contributed by atoms with van der Waals surface area (Å²) in [7, 11) is 1.88. The second-order valence-electron chi connectivity index (χ2n) is 7.43. The highest BCUT2D eigenvalue weighted by Gasteiger charge is 2.35. The summed E-state index contributed by atoms with van der Waals surface area (Å²) in [6, 6.07) is 6.56. The summed E-state index contributed by atoms with van der Waals surface area (Å²) in [5.41, 5.74) is 1.62. The van der Waals surface area contributed by atoms with Crippen molar-refractivity contribution in [1.82, 2.24) is 20.4 Å². The summed E-state index contributed by atoms with van der Waals surface area (Å²) >= 11 is 0. The molecule has 0 saturated carbocycles. The maximum absolute atomic E-state index is 13.5. The van der Waals surface area contributed by atoms with Crippen LogP contribution in [0.25, 0.3) is 0 Å². The normalized spacial score (nSPS) is 19.8. The van der Waals surface area contributed by atoms with Gasteiger partial charge < -0.3 is 10.6 Å². The number of nitrogens with zero attached hydrogens (tertiary/aromatic N) is 2. The molecule has 1 aliphatic rings. The van der Waals surface area contributed by atoms with Crippen LogP contribution in [0.3, 0.4) is 0 Å². The van der Waals surface area contributed by atoms with Crippen molar-refractivity contribution in [3.8, 4) is 0 Å². The van der Waals surface area contributed by atoms with Gasteiger partial charge in [0.1, 0.15) is 5.82 Å². The summed E-state index contributed by atoms with van der Waals surface area (Å²) in [5, 5.41) is 10.6. The van der Waals surface area contributed by atoms with Crippen molar-refractivity contribution in [2.75, 3.05) is 19.6 Å². The SMILES string of the molecule is Cl.Cn1cc([C@H]2CNC[C@@H]2C(=O)NCC(C)(C)c2cccc(F)c2)cn1. The molecule has 0 aliphatic carbocycles. The predicted molar refractivity (Wildman–Crippen MR) is 102 cm³/mol. The third-order valence-corrected chi connectivity index (χ3v) is 5.01. The van der Waals surface area contributed by atoms with Gasteiger partial charge in [0.05, 0.1) is 12.1 Å². The second kappa shape index (κ2) is 8.18. The standard InChI is InChI=1S/C19H25FN4O.ClH/c1-19(2,14-5-4-6-15(20)7-14)12-22-18(25)17-10-21-9-16(17)13-8-23-24(3)11-13;/h4-8,11,16-17,21H,9-10,12H2,1-3H3,(H,22,25);1H/t16-,17+;/m1./s1. The predicted octanol–water partition coefficient (Wildman–Crippen LogP) is 2.38. The lowest BCUT2D eigenvalue weighted by molar-refractivity contribution is -0.125. The van der Waals surface area contributed by atoms with E-state index in [-0.39, 0.29) is 41.4 Å². The Kier molecular flexibility index (Phi) is 6.42. The van der Waals surface area contributed by atoms with Crippen LogP contribution < -0.4 is 10.6 Å². The molecule has 1 saturated heterocycles. The van der Waals surface area contributed by atoms with E-state index in [1.54, 1.807) is 10.7 Å². The first-order valence-corrected chi connectivity index (χ1v) is 8.60. The first-order valence-electron chi connectivity index (χ1n) is 8.60. The van der Waals surface area contributed by atoms with Crippen LogP contribution in [-0.2, 0) is 17.3 Å². The van der Waals surface area contributed by atoms with Gasteiger partial charge in [-0.15, -0.1) is 12.4 Å². The van der Waals surface area contributed by atoms with Crippen LogP contribution in [0.1, 0.15) is 30.9 Å². The smallest absolute Gasteiger partial charge is 0.225 e. The highest BCUT2D eigenvalue weighted by atomic mass is 35.5. The summed E-state index contributed by atoms with van der Waals surface area (Å²) in [6.07, 6.45) is 3.79. The molecule has 1 aromatic carbocycles. The Labute approximate surface area is 159 Å². The molecule has 142 valence electrons. The molecule has 0 spiro atoms. The maximum atomic E-state index is 13.5. The van der Waals surface area contributed by atoms with Gasteiger partial charge in [-0.2, -0.15) is 5.10 Å². The highest BCUT2D eigenvalue weighted by molar-refractivity contribution is 5.85. The van der Waals surface area contributed by atoms with E-state index in [1.807, 2.05) is 39.4 Å². The molecule has 2 atom stereocenters. The number of aryl methyl sites for hydroxylation is 1. The molecular formula is C19H26ClFN4O. The zero-order valence-corrected chi connectivity index (χ0v) is 16.1. The highest BCUT2D eigenvalue weighted by Crippen LogP contribution is 2.28. The molecule has 2 aromatic rings. The number of amides is 1. The minimum atomic E-state index is -0.340. The van der Waals surface area contributed by atoms with Gasteiger partial charge in [-0.25, -0.2) is 4.39 Å². The van der Waals surface area contributed by atoms with Gasteiger partial charge in [-0.1, -0.05) is 26.0 Å². The van der Waals surface area contributed by atoms with Gasteiger partial charge in [-0.3, -0.25) is 9.48 Å². The van der Waals surface area contributed by atoms with Crippen molar-refractivity contribution in [2.45, 2.75) is 25.2 Å². The average Bonchev–Trinajstić information content (AvgIpc) is 3.21. The molecular weight excluding hydrogens is 355 g/mol. The van der Waals surface area contributed by atoms with E-state index in [0.717, 1.165) is 17.7 Å². The fraction of sp³-hybridized carbons (Fsp3) is 0.474. The lowest BCUT2D eigenvalue weighted by Crippen LogP contribution is -2.41. The number of carbonyl (C=O) groups excluding carboxylic acids is 1. The minimum Gasteiger partial charge on any atom is -0.355 e. The maximum Gasteiger partial charge on any atom is 0.225 e. The molecule has 1 fully saturated rings. The molecule has 3 rings (SSSR count). The number of hydrogen-bond donors (Lipinski definition) is 2.